The first-order valence-electron chi connectivity index (χ1n) is 8.89. The Kier molecular flexibility index (Phi) is 5.62. The molecule has 0 spiro atoms. The summed E-state index contributed by atoms with van der Waals surface area (Å²) in [7, 11) is 0. The first-order chi connectivity index (χ1) is 14.2. The summed E-state index contributed by atoms with van der Waals surface area (Å²) >= 11 is 3.41. The van der Waals surface area contributed by atoms with Gasteiger partial charge in [-0.15, -0.1) is 5.10 Å². The van der Waals surface area contributed by atoms with Gasteiger partial charge in [-0.2, -0.15) is 5.10 Å². The second-order valence-electron chi connectivity index (χ2n) is 6.27. The molecule has 0 radical (unpaired) electrons. The summed E-state index contributed by atoms with van der Waals surface area (Å²) in [5.41, 5.74) is 2.86. The number of benzene rings is 2. The second kappa shape index (κ2) is 8.66. The van der Waals surface area contributed by atoms with Gasteiger partial charge in [-0.1, -0.05) is 46.3 Å². The number of aromatic nitrogens is 5. The fourth-order valence-electron chi connectivity index (χ4n) is 2.67. The zero-order valence-corrected chi connectivity index (χ0v) is 16.9. The molecule has 2 aromatic heterocycles. The van der Waals surface area contributed by atoms with Gasteiger partial charge in [-0.25, -0.2) is 14.3 Å². The highest BCUT2D eigenvalue weighted by molar-refractivity contribution is 9.10. The van der Waals surface area contributed by atoms with E-state index in [4.69, 9.17) is 0 Å². The number of nitrogens with zero attached hydrogens (tertiary/aromatic N) is 5. The topological polar surface area (TPSA) is 77.6 Å². The molecule has 1 N–H and O–H groups in total. The third-order valence-corrected chi connectivity index (χ3v) is 4.61. The van der Waals surface area contributed by atoms with E-state index < -0.39 is 0 Å². The minimum Gasteiger partial charge on any atom is -0.290 e. The van der Waals surface area contributed by atoms with E-state index >= 15 is 0 Å². The number of para-hydroxylation sites is 1. The van der Waals surface area contributed by atoms with Crippen LogP contribution in [0.2, 0.25) is 0 Å². The molecule has 0 bridgehead atoms. The minimum absolute atomic E-state index is 0.261. The molecule has 8 heteroatoms. The number of amides is 1. The monoisotopic (exact) mass is 448 g/mol. The van der Waals surface area contributed by atoms with Crippen LogP contribution in [-0.4, -0.2) is 30.5 Å². The summed E-state index contributed by atoms with van der Waals surface area (Å²) in [5.74, 6) is -0.0457. The van der Waals surface area contributed by atoms with E-state index in [9.17, 15) is 4.79 Å². The van der Waals surface area contributed by atoms with Gasteiger partial charge < -0.3 is 0 Å². The van der Waals surface area contributed by atoms with Crippen molar-refractivity contribution >= 4 is 33.9 Å². The molecule has 0 aliphatic rings. The molecule has 4 aromatic rings. The largest absolute Gasteiger partial charge is 0.290 e. The molecule has 0 saturated heterocycles. The number of carbonyl (C=O) groups excluding carboxylic acids is 1. The highest BCUT2D eigenvalue weighted by Crippen LogP contribution is 2.12. The summed E-state index contributed by atoms with van der Waals surface area (Å²) in [6, 6.07) is 17.7. The number of rotatable bonds is 6. The van der Waals surface area contributed by atoms with Crippen molar-refractivity contribution < 1.29 is 4.79 Å². The number of hydrogen-bond donors (Lipinski definition) is 1. The van der Waals surface area contributed by atoms with Crippen LogP contribution in [0.5, 0.6) is 0 Å². The van der Waals surface area contributed by atoms with E-state index in [0.29, 0.717) is 6.54 Å². The Balaban J connectivity index is 1.34. The van der Waals surface area contributed by atoms with Crippen LogP contribution in [0.4, 0.5) is 5.95 Å². The molecular formula is C21H17BrN6O. The summed E-state index contributed by atoms with van der Waals surface area (Å²) in [6.45, 7) is 0.574. The number of halogens is 1. The van der Waals surface area contributed by atoms with Gasteiger partial charge in [-0.3, -0.25) is 10.1 Å². The molecule has 29 heavy (non-hydrogen) atoms. The SMILES string of the molecule is O=C(/C=C/c1cnn(-c2ccccc2)c1)Nc1ncn(Cc2ccc(Br)cc2)n1. The van der Waals surface area contributed by atoms with E-state index in [-0.39, 0.29) is 11.9 Å². The number of hydrogen-bond acceptors (Lipinski definition) is 4. The lowest BCUT2D eigenvalue weighted by molar-refractivity contribution is -0.111. The van der Waals surface area contributed by atoms with Crippen molar-refractivity contribution in [3.63, 3.8) is 0 Å². The van der Waals surface area contributed by atoms with E-state index in [1.54, 1.807) is 28.0 Å². The van der Waals surface area contributed by atoms with Gasteiger partial charge in [-0.05, 0) is 35.9 Å². The van der Waals surface area contributed by atoms with Crippen LogP contribution in [0.25, 0.3) is 11.8 Å². The fraction of sp³-hybridized carbons (Fsp3) is 0.0476. The van der Waals surface area contributed by atoms with Gasteiger partial charge in [0, 0.05) is 22.3 Å². The Bertz CT molecular complexity index is 1130. The minimum atomic E-state index is -0.307. The molecule has 2 aromatic carbocycles. The van der Waals surface area contributed by atoms with Crippen molar-refractivity contribution in [2.24, 2.45) is 0 Å². The zero-order chi connectivity index (χ0) is 20.1. The van der Waals surface area contributed by atoms with Crippen LogP contribution >= 0.6 is 15.9 Å². The molecule has 0 fully saturated rings. The highest BCUT2D eigenvalue weighted by atomic mass is 79.9. The molecule has 0 aliphatic heterocycles. The maximum absolute atomic E-state index is 12.1. The predicted octanol–water partition coefficient (Wildman–Crippen LogP) is 3.93. The molecule has 0 aliphatic carbocycles. The standard InChI is InChI=1S/C21H17BrN6O/c22-18-9-6-16(7-10-18)13-27-15-23-21(26-27)25-20(29)11-8-17-12-24-28(14-17)19-4-2-1-3-5-19/h1-12,14-15H,13H2,(H,25,26,29)/b11-8+. The quantitative estimate of drug-likeness (QED) is 0.453. The Morgan fingerprint density at radius 3 is 2.69 bits per heavy atom. The average Bonchev–Trinajstić information content (AvgIpc) is 3.38. The molecule has 0 saturated carbocycles. The van der Waals surface area contributed by atoms with Crippen LogP contribution in [0.15, 0.2) is 83.9 Å². The van der Waals surface area contributed by atoms with Crippen LogP contribution in [0, 0.1) is 0 Å². The summed E-state index contributed by atoms with van der Waals surface area (Å²) < 4.78 is 4.45. The van der Waals surface area contributed by atoms with E-state index in [2.05, 4.69) is 36.4 Å². The van der Waals surface area contributed by atoms with Gasteiger partial charge in [0.25, 0.3) is 5.91 Å². The molecule has 0 atom stereocenters. The molecular weight excluding hydrogens is 432 g/mol. The van der Waals surface area contributed by atoms with E-state index in [1.165, 1.54) is 6.08 Å². The molecule has 0 unspecified atom stereocenters. The van der Waals surface area contributed by atoms with Crippen LogP contribution in [0.3, 0.4) is 0 Å². The maximum Gasteiger partial charge on any atom is 0.250 e. The maximum atomic E-state index is 12.1. The third-order valence-electron chi connectivity index (χ3n) is 4.08. The van der Waals surface area contributed by atoms with Gasteiger partial charge in [0.15, 0.2) is 0 Å². The smallest absolute Gasteiger partial charge is 0.250 e. The lowest BCUT2D eigenvalue weighted by Crippen LogP contribution is -2.10. The summed E-state index contributed by atoms with van der Waals surface area (Å²) in [4.78, 5) is 16.3. The lowest BCUT2D eigenvalue weighted by atomic mass is 10.2. The molecule has 1 amide bonds. The zero-order valence-electron chi connectivity index (χ0n) is 15.3. The number of anilines is 1. The fourth-order valence-corrected chi connectivity index (χ4v) is 2.94. The predicted molar refractivity (Wildman–Crippen MR) is 114 cm³/mol. The average molecular weight is 449 g/mol. The lowest BCUT2D eigenvalue weighted by Gasteiger charge is -2.01. The summed E-state index contributed by atoms with van der Waals surface area (Å²) in [6.07, 6.45) is 8.26. The molecule has 4 rings (SSSR count). The van der Waals surface area contributed by atoms with Gasteiger partial charge in [0.1, 0.15) is 6.33 Å². The Hall–Kier alpha value is -3.52. The Labute approximate surface area is 175 Å². The second-order valence-corrected chi connectivity index (χ2v) is 7.18. The van der Waals surface area contributed by atoms with Crippen molar-refractivity contribution in [1.82, 2.24) is 24.5 Å². The van der Waals surface area contributed by atoms with Crippen molar-refractivity contribution in [2.75, 3.05) is 5.32 Å². The van der Waals surface area contributed by atoms with E-state index in [0.717, 1.165) is 21.3 Å². The highest BCUT2D eigenvalue weighted by Gasteiger charge is 2.05. The van der Waals surface area contributed by atoms with Crippen LogP contribution < -0.4 is 5.32 Å². The molecule has 144 valence electrons. The van der Waals surface area contributed by atoms with E-state index in [1.807, 2.05) is 60.8 Å². The Morgan fingerprint density at radius 1 is 1.10 bits per heavy atom. The van der Waals surface area contributed by atoms with Gasteiger partial charge >= 0.3 is 0 Å². The Morgan fingerprint density at radius 2 is 1.90 bits per heavy atom. The van der Waals surface area contributed by atoms with Crippen molar-refractivity contribution in [2.45, 2.75) is 6.54 Å². The molecule has 2 heterocycles. The van der Waals surface area contributed by atoms with Crippen LogP contribution in [0.1, 0.15) is 11.1 Å². The van der Waals surface area contributed by atoms with Crippen molar-refractivity contribution in [1.29, 1.82) is 0 Å². The van der Waals surface area contributed by atoms with Gasteiger partial charge in [0.05, 0.1) is 18.4 Å². The normalized spacial score (nSPS) is 11.1. The first kappa shape index (κ1) is 18.8. The van der Waals surface area contributed by atoms with Crippen molar-refractivity contribution in [3.05, 3.63) is 95.0 Å². The van der Waals surface area contributed by atoms with Crippen molar-refractivity contribution in [3.8, 4) is 5.69 Å². The van der Waals surface area contributed by atoms with Crippen LogP contribution in [-0.2, 0) is 11.3 Å². The number of carbonyl (C=O) groups is 1. The summed E-state index contributed by atoms with van der Waals surface area (Å²) in [5, 5.41) is 11.2. The van der Waals surface area contributed by atoms with Gasteiger partial charge in [0.2, 0.25) is 5.95 Å². The molecule has 7 nitrogen and oxygen atoms in total. The number of nitrogens with one attached hydrogen (secondary N) is 1. The first-order valence-corrected chi connectivity index (χ1v) is 9.68. The third kappa shape index (κ3) is 5.05.